The number of amides is 2. The fraction of sp³-hybridized carbons (Fsp3) is 0.263. The summed E-state index contributed by atoms with van der Waals surface area (Å²) in [6, 6.07) is 12.6. The van der Waals surface area contributed by atoms with Gasteiger partial charge in [-0.3, -0.25) is 9.59 Å². The Hall–Kier alpha value is -2.04. The summed E-state index contributed by atoms with van der Waals surface area (Å²) in [5.74, 6) is -0.176. The Labute approximate surface area is 157 Å². The van der Waals surface area contributed by atoms with Gasteiger partial charge in [0, 0.05) is 12.6 Å². The maximum Gasteiger partial charge on any atom is 0.244 e. The number of rotatable bonds is 5. The summed E-state index contributed by atoms with van der Waals surface area (Å²) in [6.07, 6.45) is 0. The molecule has 0 aliphatic rings. The molecule has 6 heteroatoms. The van der Waals surface area contributed by atoms with Crippen molar-refractivity contribution in [2.24, 2.45) is 0 Å². The van der Waals surface area contributed by atoms with Crippen molar-refractivity contribution in [2.75, 3.05) is 16.8 Å². The van der Waals surface area contributed by atoms with Gasteiger partial charge in [0.05, 0.1) is 15.7 Å². The second-order valence-electron chi connectivity index (χ2n) is 6.00. The molecule has 0 atom stereocenters. The maximum absolute atomic E-state index is 12.3. The van der Waals surface area contributed by atoms with Gasteiger partial charge in [0.15, 0.2) is 0 Å². The van der Waals surface area contributed by atoms with Gasteiger partial charge in [0.1, 0.15) is 6.54 Å². The number of benzene rings is 2. The molecular weight excluding hydrogens is 359 g/mol. The van der Waals surface area contributed by atoms with E-state index in [2.05, 4.69) is 19.2 Å². The van der Waals surface area contributed by atoms with Crippen LogP contribution in [0.15, 0.2) is 42.5 Å². The van der Waals surface area contributed by atoms with E-state index >= 15 is 0 Å². The lowest BCUT2D eigenvalue weighted by Gasteiger charge is -2.21. The minimum absolute atomic E-state index is 0.112. The molecule has 0 unspecified atom stereocenters. The second kappa shape index (κ2) is 8.37. The highest BCUT2D eigenvalue weighted by Crippen LogP contribution is 2.29. The number of nitrogens with one attached hydrogen (secondary N) is 1. The first kappa shape index (κ1) is 19.3. The fourth-order valence-corrected chi connectivity index (χ4v) is 2.71. The van der Waals surface area contributed by atoms with E-state index in [-0.39, 0.29) is 23.4 Å². The zero-order valence-corrected chi connectivity index (χ0v) is 15.9. The van der Waals surface area contributed by atoms with Gasteiger partial charge in [0.25, 0.3) is 0 Å². The van der Waals surface area contributed by atoms with Crippen molar-refractivity contribution < 1.29 is 9.59 Å². The first-order chi connectivity index (χ1) is 11.8. The number of anilines is 2. The minimum Gasteiger partial charge on any atom is -0.323 e. The lowest BCUT2D eigenvalue weighted by atomic mass is 10.0. The minimum atomic E-state index is -0.354. The third-order valence-corrected chi connectivity index (χ3v) is 4.60. The van der Waals surface area contributed by atoms with Crippen molar-refractivity contribution >= 4 is 46.4 Å². The third-order valence-electron chi connectivity index (χ3n) is 3.78. The highest BCUT2D eigenvalue weighted by molar-refractivity contribution is 6.44. The van der Waals surface area contributed by atoms with Crippen LogP contribution in [-0.4, -0.2) is 18.4 Å². The molecular formula is C19H20Cl2N2O2. The SMILES string of the molecule is CC(=O)N(CC(=O)Nc1cccc(Cl)c1Cl)c1ccc(C(C)C)cc1. The number of hydrogen-bond donors (Lipinski definition) is 1. The summed E-state index contributed by atoms with van der Waals surface area (Å²) in [5.41, 5.74) is 2.25. The van der Waals surface area contributed by atoms with Crippen LogP contribution in [0.2, 0.25) is 10.0 Å². The summed E-state index contributed by atoms with van der Waals surface area (Å²) >= 11 is 12.0. The Bertz CT molecular complexity index is 773. The molecule has 0 fully saturated rings. The quantitative estimate of drug-likeness (QED) is 0.785. The molecule has 0 saturated carbocycles. The van der Waals surface area contributed by atoms with Crippen LogP contribution in [0.5, 0.6) is 0 Å². The molecule has 4 nitrogen and oxygen atoms in total. The van der Waals surface area contributed by atoms with E-state index in [0.29, 0.717) is 22.3 Å². The number of halogens is 2. The van der Waals surface area contributed by atoms with Gasteiger partial charge in [-0.25, -0.2) is 0 Å². The van der Waals surface area contributed by atoms with Gasteiger partial charge >= 0.3 is 0 Å². The molecule has 25 heavy (non-hydrogen) atoms. The summed E-state index contributed by atoms with van der Waals surface area (Å²) in [6.45, 7) is 5.51. The van der Waals surface area contributed by atoms with Gasteiger partial charge in [-0.2, -0.15) is 0 Å². The second-order valence-corrected chi connectivity index (χ2v) is 6.79. The Morgan fingerprint density at radius 2 is 1.72 bits per heavy atom. The van der Waals surface area contributed by atoms with Crippen LogP contribution in [0.25, 0.3) is 0 Å². The Kier molecular flexibility index (Phi) is 6.45. The molecule has 0 aliphatic carbocycles. The van der Waals surface area contributed by atoms with E-state index < -0.39 is 0 Å². The number of carbonyl (C=O) groups excluding carboxylic acids is 2. The standard InChI is InChI=1S/C19H20Cl2N2O2/c1-12(2)14-7-9-15(10-8-14)23(13(3)24)11-18(25)22-17-6-4-5-16(20)19(17)21/h4-10,12H,11H2,1-3H3,(H,22,25). The summed E-state index contributed by atoms with van der Waals surface area (Å²) < 4.78 is 0. The van der Waals surface area contributed by atoms with Gasteiger partial charge in [-0.1, -0.05) is 55.2 Å². The van der Waals surface area contributed by atoms with E-state index in [4.69, 9.17) is 23.2 Å². The van der Waals surface area contributed by atoms with Crippen molar-refractivity contribution in [3.05, 3.63) is 58.1 Å². The predicted molar refractivity (Wildman–Crippen MR) is 104 cm³/mol. The van der Waals surface area contributed by atoms with Gasteiger partial charge in [0.2, 0.25) is 11.8 Å². The van der Waals surface area contributed by atoms with Crippen LogP contribution in [-0.2, 0) is 9.59 Å². The number of carbonyl (C=O) groups is 2. The monoisotopic (exact) mass is 378 g/mol. The lowest BCUT2D eigenvalue weighted by Crippen LogP contribution is -2.36. The van der Waals surface area contributed by atoms with Gasteiger partial charge < -0.3 is 10.2 Å². The Balaban J connectivity index is 2.14. The first-order valence-electron chi connectivity index (χ1n) is 7.91. The largest absolute Gasteiger partial charge is 0.323 e. The summed E-state index contributed by atoms with van der Waals surface area (Å²) in [4.78, 5) is 25.7. The maximum atomic E-state index is 12.3. The molecule has 0 aliphatic heterocycles. The Morgan fingerprint density at radius 3 is 2.28 bits per heavy atom. The predicted octanol–water partition coefficient (Wildman–Crippen LogP) is 5.11. The zero-order chi connectivity index (χ0) is 18.6. The third kappa shape index (κ3) is 4.97. The van der Waals surface area contributed by atoms with E-state index in [1.807, 2.05) is 24.3 Å². The topological polar surface area (TPSA) is 49.4 Å². The number of hydrogen-bond acceptors (Lipinski definition) is 2. The van der Waals surface area contributed by atoms with Crippen molar-refractivity contribution in [3.8, 4) is 0 Å². The zero-order valence-electron chi connectivity index (χ0n) is 14.3. The first-order valence-corrected chi connectivity index (χ1v) is 8.67. The molecule has 0 bridgehead atoms. The van der Waals surface area contributed by atoms with Crippen molar-refractivity contribution in [2.45, 2.75) is 26.7 Å². The van der Waals surface area contributed by atoms with Crippen molar-refractivity contribution in [3.63, 3.8) is 0 Å². The van der Waals surface area contributed by atoms with E-state index in [1.54, 1.807) is 18.2 Å². The van der Waals surface area contributed by atoms with Crippen LogP contribution < -0.4 is 10.2 Å². The van der Waals surface area contributed by atoms with Crippen LogP contribution in [0.3, 0.4) is 0 Å². The van der Waals surface area contributed by atoms with Gasteiger partial charge in [-0.05, 0) is 35.7 Å². The molecule has 2 amide bonds. The molecule has 0 aromatic heterocycles. The molecule has 2 rings (SSSR count). The smallest absolute Gasteiger partial charge is 0.244 e. The molecule has 0 radical (unpaired) electrons. The van der Waals surface area contributed by atoms with E-state index in [1.165, 1.54) is 17.4 Å². The molecule has 2 aromatic carbocycles. The van der Waals surface area contributed by atoms with Crippen LogP contribution in [0.4, 0.5) is 11.4 Å². The summed E-state index contributed by atoms with van der Waals surface area (Å²) in [7, 11) is 0. The average molecular weight is 379 g/mol. The van der Waals surface area contributed by atoms with Gasteiger partial charge in [-0.15, -0.1) is 0 Å². The molecule has 0 saturated heterocycles. The molecule has 1 N–H and O–H groups in total. The molecule has 0 spiro atoms. The van der Waals surface area contributed by atoms with Crippen LogP contribution in [0.1, 0.15) is 32.3 Å². The van der Waals surface area contributed by atoms with E-state index in [0.717, 1.165) is 0 Å². The summed E-state index contributed by atoms with van der Waals surface area (Å²) in [5, 5.41) is 3.31. The van der Waals surface area contributed by atoms with E-state index in [9.17, 15) is 9.59 Å². The van der Waals surface area contributed by atoms with Crippen LogP contribution in [0, 0.1) is 0 Å². The lowest BCUT2D eigenvalue weighted by molar-refractivity contribution is -0.120. The highest BCUT2D eigenvalue weighted by Gasteiger charge is 2.17. The average Bonchev–Trinajstić information content (AvgIpc) is 2.56. The number of nitrogens with zero attached hydrogens (tertiary/aromatic N) is 1. The fourth-order valence-electron chi connectivity index (χ4n) is 2.36. The van der Waals surface area contributed by atoms with Crippen molar-refractivity contribution in [1.29, 1.82) is 0 Å². The van der Waals surface area contributed by atoms with Crippen LogP contribution >= 0.6 is 23.2 Å². The Morgan fingerprint density at radius 1 is 1.08 bits per heavy atom. The highest BCUT2D eigenvalue weighted by atomic mass is 35.5. The van der Waals surface area contributed by atoms with Crippen molar-refractivity contribution in [1.82, 2.24) is 0 Å². The molecule has 0 heterocycles. The normalized spacial score (nSPS) is 10.6. The molecule has 132 valence electrons. The molecule has 2 aromatic rings.